The Hall–Kier alpha value is -0.0400. The molecule has 1 nitrogen and oxygen atoms in total. The molecule has 0 unspecified atom stereocenters. The third kappa shape index (κ3) is 3.89. The Morgan fingerprint density at radius 1 is 1.00 bits per heavy atom. The van der Waals surface area contributed by atoms with Gasteiger partial charge < -0.3 is 5.32 Å². The van der Waals surface area contributed by atoms with Crippen molar-refractivity contribution in [2.24, 2.45) is 5.41 Å². The standard InChI is InChI=1S/C9H21N/c1-7(2)10-8(3)9(4,5)6/h7-8,10H,1-6H3/t8-/m1/s1. The van der Waals surface area contributed by atoms with Crippen LogP contribution in [0, 0.1) is 5.41 Å². The fourth-order valence-corrected chi connectivity index (χ4v) is 0.750. The summed E-state index contributed by atoms with van der Waals surface area (Å²) in [5.74, 6) is 0. The van der Waals surface area contributed by atoms with Crippen molar-refractivity contribution in [3.05, 3.63) is 0 Å². The van der Waals surface area contributed by atoms with Crippen molar-refractivity contribution in [3.63, 3.8) is 0 Å². The summed E-state index contributed by atoms with van der Waals surface area (Å²) in [6, 6.07) is 1.18. The van der Waals surface area contributed by atoms with Crippen molar-refractivity contribution in [1.29, 1.82) is 0 Å². The van der Waals surface area contributed by atoms with E-state index >= 15 is 0 Å². The van der Waals surface area contributed by atoms with Crippen molar-refractivity contribution < 1.29 is 0 Å². The highest BCUT2D eigenvalue weighted by Crippen LogP contribution is 2.18. The first-order chi connectivity index (χ1) is 4.34. The maximum atomic E-state index is 3.48. The summed E-state index contributed by atoms with van der Waals surface area (Å²) in [5.41, 5.74) is 0.379. The Labute approximate surface area is 65.2 Å². The predicted molar refractivity (Wildman–Crippen MR) is 47.2 cm³/mol. The average molecular weight is 143 g/mol. The molecule has 0 saturated carbocycles. The van der Waals surface area contributed by atoms with E-state index in [1.54, 1.807) is 0 Å². The first-order valence-electron chi connectivity index (χ1n) is 4.10. The lowest BCUT2D eigenvalue weighted by molar-refractivity contribution is 0.272. The van der Waals surface area contributed by atoms with E-state index in [0.717, 1.165) is 0 Å². The van der Waals surface area contributed by atoms with Gasteiger partial charge in [0.2, 0.25) is 0 Å². The Balaban J connectivity index is 3.73. The zero-order chi connectivity index (χ0) is 8.36. The molecule has 0 aliphatic rings. The lowest BCUT2D eigenvalue weighted by Crippen LogP contribution is -2.41. The summed E-state index contributed by atoms with van der Waals surface area (Å²) < 4.78 is 0. The lowest BCUT2D eigenvalue weighted by Gasteiger charge is -2.29. The minimum absolute atomic E-state index is 0.379. The van der Waals surface area contributed by atoms with Crippen LogP contribution in [0.25, 0.3) is 0 Å². The van der Waals surface area contributed by atoms with Crippen LogP contribution in [0.4, 0.5) is 0 Å². The zero-order valence-corrected chi connectivity index (χ0v) is 8.15. The molecule has 62 valence electrons. The van der Waals surface area contributed by atoms with E-state index in [9.17, 15) is 0 Å². The number of nitrogens with one attached hydrogen (secondary N) is 1. The average Bonchev–Trinajstić information content (AvgIpc) is 1.60. The minimum Gasteiger partial charge on any atom is -0.312 e. The molecule has 0 spiro atoms. The fraction of sp³-hybridized carbons (Fsp3) is 1.00. The molecule has 0 amide bonds. The second-order valence-electron chi connectivity index (χ2n) is 4.41. The predicted octanol–water partition coefficient (Wildman–Crippen LogP) is 2.42. The van der Waals surface area contributed by atoms with Gasteiger partial charge in [0.15, 0.2) is 0 Å². The van der Waals surface area contributed by atoms with Crippen molar-refractivity contribution in [2.75, 3.05) is 0 Å². The highest BCUT2D eigenvalue weighted by molar-refractivity contribution is 4.77. The molecule has 1 heteroatoms. The van der Waals surface area contributed by atoms with E-state index < -0.39 is 0 Å². The first kappa shape index (κ1) is 9.96. The van der Waals surface area contributed by atoms with Gasteiger partial charge in [-0.2, -0.15) is 0 Å². The monoisotopic (exact) mass is 143 g/mol. The maximum Gasteiger partial charge on any atom is 0.00896 e. The van der Waals surface area contributed by atoms with Crippen molar-refractivity contribution >= 4 is 0 Å². The molecule has 0 rings (SSSR count). The molecule has 0 aromatic carbocycles. The molecule has 0 saturated heterocycles. The van der Waals surface area contributed by atoms with Gasteiger partial charge in [0.1, 0.15) is 0 Å². The Morgan fingerprint density at radius 3 is 1.50 bits per heavy atom. The Kier molecular flexibility index (Phi) is 3.37. The van der Waals surface area contributed by atoms with Crippen LogP contribution in [-0.4, -0.2) is 12.1 Å². The molecular weight excluding hydrogens is 122 g/mol. The van der Waals surface area contributed by atoms with E-state index in [4.69, 9.17) is 0 Å². The van der Waals surface area contributed by atoms with Crippen LogP contribution in [0.2, 0.25) is 0 Å². The molecule has 0 aliphatic heterocycles. The fourth-order valence-electron chi connectivity index (χ4n) is 0.750. The summed E-state index contributed by atoms with van der Waals surface area (Å²) in [6.07, 6.45) is 0. The summed E-state index contributed by atoms with van der Waals surface area (Å²) in [4.78, 5) is 0. The van der Waals surface area contributed by atoms with Crippen molar-refractivity contribution in [3.8, 4) is 0 Å². The van der Waals surface area contributed by atoms with E-state index in [-0.39, 0.29) is 0 Å². The van der Waals surface area contributed by atoms with Gasteiger partial charge in [-0.3, -0.25) is 0 Å². The summed E-state index contributed by atoms with van der Waals surface area (Å²) in [6.45, 7) is 13.4. The van der Waals surface area contributed by atoms with Crippen molar-refractivity contribution in [1.82, 2.24) is 5.32 Å². The van der Waals surface area contributed by atoms with Crippen LogP contribution in [0.5, 0.6) is 0 Å². The van der Waals surface area contributed by atoms with Gasteiger partial charge in [0.25, 0.3) is 0 Å². The topological polar surface area (TPSA) is 12.0 Å². The van der Waals surface area contributed by atoms with Gasteiger partial charge in [-0.1, -0.05) is 34.6 Å². The molecule has 0 aromatic heterocycles. The Bertz CT molecular complexity index is 89.4. The first-order valence-corrected chi connectivity index (χ1v) is 4.10. The molecule has 1 N–H and O–H groups in total. The van der Waals surface area contributed by atoms with Crippen LogP contribution in [0.1, 0.15) is 41.5 Å². The van der Waals surface area contributed by atoms with Crippen LogP contribution in [-0.2, 0) is 0 Å². The third-order valence-electron chi connectivity index (χ3n) is 1.88. The summed E-state index contributed by atoms with van der Waals surface area (Å²) in [5, 5.41) is 3.48. The molecule has 0 bridgehead atoms. The van der Waals surface area contributed by atoms with E-state index in [1.807, 2.05) is 0 Å². The summed E-state index contributed by atoms with van der Waals surface area (Å²) >= 11 is 0. The summed E-state index contributed by atoms with van der Waals surface area (Å²) in [7, 11) is 0. The van der Waals surface area contributed by atoms with Gasteiger partial charge in [-0.25, -0.2) is 0 Å². The highest BCUT2D eigenvalue weighted by Gasteiger charge is 2.19. The van der Waals surface area contributed by atoms with E-state index in [0.29, 0.717) is 17.5 Å². The third-order valence-corrected chi connectivity index (χ3v) is 1.88. The van der Waals surface area contributed by atoms with Gasteiger partial charge in [0, 0.05) is 12.1 Å². The molecule has 0 fully saturated rings. The van der Waals surface area contributed by atoms with Crippen LogP contribution < -0.4 is 5.32 Å². The lowest BCUT2D eigenvalue weighted by atomic mass is 9.88. The molecule has 10 heavy (non-hydrogen) atoms. The smallest absolute Gasteiger partial charge is 0.00896 e. The van der Waals surface area contributed by atoms with Gasteiger partial charge in [-0.15, -0.1) is 0 Å². The molecule has 1 atom stereocenters. The minimum atomic E-state index is 0.379. The molecule has 0 aromatic rings. The van der Waals surface area contributed by atoms with E-state index in [2.05, 4.69) is 46.9 Å². The van der Waals surface area contributed by atoms with E-state index in [1.165, 1.54) is 0 Å². The quantitative estimate of drug-likeness (QED) is 0.626. The second kappa shape index (κ2) is 3.38. The van der Waals surface area contributed by atoms with Crippen LogP contribution in [0.15, 0.2) is 0 Å². The maximum absolute atomic E-state index is 3.48. The number of hydrogen-bond acceptors (Lipinski definition) is 1. The Morgan fingerprint density at radius 2 is 1.40 bits per heavy atom. The SMILES string of the molecule is CC(C)N[C@H](C)C(C)(C)C. The van der Waals surface area contributed by atoms with Crippen molar-refractivity contribution in [2.45, 2.75) is 53.6 Å². The molecule has 0 radical (unpaired) electrons. The normalized spacial score (nSPS) is 15.9. The number of hydrogen-bond donors (Lipinski definition) is 1. The zero-order valence-electron chi connectivity index (χ0n) is 8.15. The van der Waals surface area contributed by atoms with Gasteiger partial charge in [-0.05, 0) is 12.3 Å². The van der Waals surface area contributed by atoms with Gasteiger partial charge >= 0.3 is 0 Å². The molecule has 0 heterocycles. The second-order valence-corrected chi connectivity index (χ2v) is 4.41. The molecule has 0 aliphatic carbocycles. The highest BCUT2D eigenvalue weighted by atomic mass is 14.9. The van der Waals surface area contributed by atoms with Gasteiger partial charge in [0.05, 0.1) is 0 Å². The van der Waals surface area contributed by atoms with Crippen LogP contribution >= 0.6 is 0 Å². The molecular formula is C9H21N. The largest absolute Gasteiger partial charge is 0.312 e. The van der Waals surface area contributed by atoms with Crippen LogP contribution in [0.3, 0.4) is 0 Å². The number of rotatable bonds is 2.